The fourth-order valence-electron chi connectivity index (χ4n) is 2.93. The van der Waals surface area contributed by atoms with Crippen molar-refractivity contribution in [3.8, 4) is 0 Å². The van der Waals surface area contributed by atoms with Crippen LogP contribution in [0.5, 0.6) is 0 Å². The highest BCUT2D eigenvalue weighted by molar-refractivity contribution is 7.10. The second-order valence-electron chi connectivity index (χ2n) is 5.63. The molecule has 1 unspecified atom stereocenters. The van der Waals surface area contributed by atoms with Crippen molar-refractivity contribution in [3.05, 3.63) is 44.8 Å². The van der Waals surface area contributed by atoms with E-state index >= 15 is 0 Å². The summed E-state index contributed by atoms with van der Waals surface area (Å²) in [6, 6.07) is 10.3. The molecule has 1 atom stereocenters. The minimum atomic E-state index is 0.422. The summed E-state index contributed by atoms with van der Waals surface area (Å²) in [5, 5.41) is 8.22. The first kappa shape index (κ1) is 14.3. The van der Waals surface area contributed by atoms with E-state index in [-0.39, 0.29) is 0 Å². The highest BCUT2D eigenvalue weighted by atomic mass is 32.1. The summed E-state index contributed by atoms with van der Waals surface area (Å²) >= 11 is 3.72. The summed E-state index contributed by atoms with van der Waals surface area (Å²) in [6.45, 7) is 0. The van der Waals surface area contributed by atoms with Crippen LogP contribution in [0.4, 0.5) is 0 Å². The molecule has 0 amide bonds. The molecule has 4 heteroatoms. The fraction of sp³-hybridized carbons (Fsp3) is 0.500. The zero-order valence-corrected chi connectivity index (χ0v) is 13.3. The molecule has 3 N–H and O–H groups in total. The van der Waals surface area contributed by atoms with Gasteiger partial charge in [0.25, 0.3) is 0 Å². The highest BCUT2D eigenvalue weighted by Crippen LogP contribution is 2.27. The molecule has 1 aliphatic rings. The van der Waals surface area contributed by atoms with Crippen molar-refractivity contribution in [1.29, 1.82) is 0 Å². The largest absolute Gasteiger partial charge is 0.328 e. The summed E-state index contributed by atoms with van der Waals surface area (Å²) < 4.78 is 0. The van der Waals surface area contributed by atoms with Crippen LogP contribution in [0.1, 0.15) is 41.5 Å². The number of hydrogen-bond donors (Lipinski definition) is 2. The van der Waals surface area contributed by atoms with Crippen LogP contribution in [0.25, 0.3) is 0 Å². The van der Waals surface area contributed by atoms with Gasteiger partial charge in [-0.05, 0) is 48.6 Å². The van der Waals surface area contributed by atoms with Crippen molar-refractivity contribution in [2.75, 3.05) is 0 Å². The predicted molar refractivity (Wildman–Crippen MR) is 88.5 cm³/mol. The molecule has 0 bridgehead atoms. The van der Waals surface area contributed by atoms with Crippen LogP contribution in [-0.2, 0) is 6.42 Å². The zero-order chi connectivity index (χ0) is 13.8. The molecule has 20 heavy (non-hydrogen) atoms. The van der Waals surface area contributed by atoms with E-state index in [0.29, 0.717) is 18.1 Å². The quantitative estimate of drug-likeness (QED) is 0.877. The van der Waals surface area contributed by atoms with Crippen molar-refractivity contribution < 1.29 is 0 Å². The van der Waals surface area contributed by atoms with Gasteiger partial charge in [0.2, 0.25) is 0 Å². The predicted octanol–water partition coefficient (Wildman–Crippen LogP) is 3.95. The Hall–Kier alpha value is -0.680. The van der Waals surface area contributed by atoms with Gasteiger partial charge in [0.15, 0.2) is 0 Å². The van der Waals surface area contributed by atoms with Crippen LogP contribution < -0.4 is 11.1 Å². The zero-order valence-electron chi connectivity index (χ0n) is 11.6. The van der Waals surface area contributed by atoms with Gasteiger partial charge in [0.05, 0.1) is 0 Å². The van der Waals surface area contributed by atoms with Crippen LogP contribution in [0.15, 0.2) is 35.0 Å². The molecule has 1 fully saturated rings. The SMILES string of the molecule is NC1CCC(NC(Cc2cccs2)c2cccs2)CC1. The number of nitrogens with one attached hydrogen (secondary N) is 1. The second kappa shape index (κ2) is 6.85. The average molecular weight is 307 g/mol. The molecule has 2 nitrogen and oxygen atoms in total. The molecule has 2 aromatic rings. The Balaban J connectivity index is 1.66. The van der Waals surface area contributed by atoms with Crippen molar-refractivity contribution in [3.63, 3.8) is 0 Å². The lowest BCUT2D eigenvalue weighted by Gasteiger charge is -2.30. The van der Waals surface area contributed by atoms with E-state index in [1.165, 1.54) is 22.6 Å². The maximum Gasteiger partial charge on any atom is 0.0465 e. The third-order valence-electron chi connectivity index (χ3n) is 4.08. The Labute approximate surface area is 129 Å². The van der Waals surface area contributed by atoms with Gasteiger partial charge in [-0.1, -0.05) is 12.1 Å². The molecule has 0 spiro atoms. The number of nitrogens with two attached hydrogens (primary N) is 1. The summed E-state index contributed by atoms with van der Waals surface area (Å²) in [5.41, 5.74) is 6.01. The van der Waals surface area contributed by atoms with Crippen LogP contribution >= 0.6 is 22.7 Å². The number of hydrogen-bond acceptors (Lipinski definition) is 4. The standard InChI is InChI=1S/C16H22N2S2/c17-12-5-7-13(8-6-12)18-15(16-4-2-10-20-16)11-14-3-1-9-19-14/h1-4,9-10,12-13,15,18H,5-8,11,17H2. The fourth-order valence-corrected chi connectivity index (χ4v) is 4.47. The van der Waals surface area contributed by atoms with Crippen LogP contribution in [0, 0.1) is 0 Å². The van der Waals surface area contributed by atoms with Gasteiger partial charge in [-0.2, -0.15) is 0 Å². The van der Waals surface area contributed by atoms with E-state index < -0.39 is 0 Å². The minimum absolute atomic E-state index is 0.422. The lowest BCUT2D eigenvalue weighted by Crippen LogP contribution is -2.39. The minimum Gasteiger partial charge on any atom is -0.328 e. The summed E-state index contributed by atoms with van der Waals surface area (Å²) in [4.78, 5) is 2.91. The van der Waals surface area contributed by atoms with E-state index in [9.17, 15) is 0 Å². The van der Waals surface area contributed by atoms with Crippen LogP contribution in [-0.4, -0.2) is 12.1 Å². The molecule has 2 aromatic heterocycles. The lowest BCUT2D eigenvalue weighted by atomic mass is 9.91. The molecule has 0 radical (unpaired) electrons. The van der Waals surface area contributed by atoms with Crippen LogP contribution in [0.2, 0.25) is 0 Å². The van der Waals surface area contributed by atoms with Gasteiger partial charge in [0.1, 0.15) is 0 Å². The first-order valence-electron chi connectivity index (χ1n) is 7.38. The van der Waals surface area contributed by atoms with Crippen LogP contribution in [0.3, 0.4) is 0 Å². The van der Waals surface area contributed by atoms with E-state index in [1.54, 1.807) is 0 Å². The lowest BCUT2D eigenvalue weighted by molar-refractivity contribution is 0.316. The van der Waals surface area contributed by atoms with Crippen molar-refractivity contribution in [2.45, 2.75) is 50.2 Å². The Morgan fingerprint density at radius 3 is 2.50 bits per heavy atom. The van der Waals surface area contributed by atoms with Gasteiger partial charge < -0.3 is 11.1 Å². The third kappa shape index (κ3) is 3.70. The number of rotatable bonds is 5. The monoisotopic (exact) mass is 306 g/mol. The van der Waals surface area contributed by atoms with E-state index in [1.807, 2.05) is 22.7 Å². The van der Waals surface area contributed by atoms with Gasteiger partial charge in [-0.15, -0.1) is 22.7 Å². The molecule has 2 heterocycles. The van der Waals surface area contributed by atoms with Gasteiger partial charge in [-0.25, -0.2) is 0 Å². The van der Waals surface area contributed by atoms with Gasteiger partial charge in [-0.3, -0.25) is 0 Å². The molecule has 0 saturated heterocycles. The van der Waals surface area contributed by atoms with E-state index in [0.717, 1.165) is 19.3 Å². The molecule has 0 aliphatic heterocycles. The summed E-state index contributed by atoms with van der Waals surface area (Å²) in [7, 11) is 0. The first-order valence-corrected chi connectivity index (χ1v) is 9.14. The number of thiophene rings is 2. The average Bonchev–Trinajstić information content (AvgIpc) is 3.12. The molecular weight excluding hydrogens is 284 g/mol. The molecule has 3 rings (SSSR count). The van der Waals surface area contributed by atoms with Crippen molar-refractivity contribution in [2.24, 2.45) is 5.73 Å². The van der Waals surface area contributed by atoms with Crippen molar-refractivity contribution in [1.82, 2.24) is 5.32 Å². The van der Waals surface area contributed by atoms with Gasteiger partial charge in [0, 0.05) is 34.3 Å². The Kier molecular flexibility index (Phi) is 4.89. The third-order valence-corrected chi connectivity index (χ3v) is 5.97. The summed E-state index contributed by atoms with van der Waals surface area (Å²) in [6.07, 6.45) is 5.85. The molecule has 108 valence electrons. The Morgan fingerprint density at radius 1 is 1.10 bits per heavy atom. The first-order chi connectivity index (χ1) is 9.81. The maximum absolute atomic E-state index is 6.01. The Bertz CT molecular complexity index is 485. The molecular formula is C16H22N2S2. The highest BCUT2D eigenvalue weighted by Gasteiger charge is 2.23. The normalized spacial score (nSPS) is 24.6. The van der Waals surface area contributed by atoms with E-state index in [2.05, 4.69) is 40.3 Å². The van der Waals surface area contributed by atoms with Crippen molar-refractivity contribution >= 4 is 22.7 Å². The maximum atomic E-state index is 6.01. The van der Waals surface area contributed by atoms with Gasteiger partial charge >= 0.3 is 0 Å². The molecule has 0 aromatic carbocycles. The second-order valence-corrected chi connectivity index (χ2v) is 7.64. The molecule has 1 aliphatic carbocycles. The van der Waals surface area contributed by atoms with E-state index in [4.69, 9.17) is 5.73 Å². The molecule has 1 saturated carbocycles. The smallest absolute Gasteiger partial charge is 0.0465 e. The summed E-state index contributed by atoms with van der Waals surface area (Å²) in [5.74, 6) is 0. The topological polar surface area (TPSA) is 38.0 Å². The Morgan fingerprint density at radius 2 is 1.85 bits per heavy atom.